The van der Waals surface area contributed by atoms with Crippen LogP contribution in [-0.4, -0.2) is 29.6 Å². The van der Waals surface area contributed by atoms with Gasteiger partial charge in [0.2, 0.25) is 0 Å². The van der Waals surface area contributed by atoms with Gasteiger partial charge in [0, 0.05) is 25.2 Å². The predicted octanol–water partition coefficient (Wildman–Crippen LogP) is 3.76. The molecule has 0 spiro atoms. The van der Waals surface area contributed by atoms with Crippen LogP contribution >= 0.6 is 11.6 Å². The summed E-state index contributed by atoms with van der Waals surface area (Å²) in [5.41, 5.74) is 8.61. The summed E-state index contributed by atoms with van der Waals surface area (Å²) in [7, 11) is 0. The van der Waals surface area contributed by atoms with Crippen molar-refractivity contribution in [2.75, 3.05) is 6.54 Å². The molecule has 2 aromatic rings. The van der Waals surface area contributed by atoms with Gasteiger partial charge in [-0.1, -0.05) is 29.8 Å². The number of nitrogens with zero attached hydrogens (tertiary/aromatic N) is 1. The minimum absolute atomic E-state index is 0.0635. The Balaban J connectivity index is 1.30. The quantitative estimate of drug-likeness (QED) is 0.692. The lowest BCUT2D eigenvalue weighted by molar-refractivity contribution is 0.0962. The molecule has 30 heavy (non-hydrogen) atoms. The highest BCUT2D eigenvalue weighted by molar-refractivity contribution is 6.30. The van der Waals surface area contributed by atoms with Gasteiger partial charge in [-0.2, -0.15) is 0 Å². The Kier molecular flexibility index (Phi) is 5.13. The third kappa shape index (κ3) is 3.66. The van der Waals surface area contributed by atoms with E-state index in [0.717, 1.165) is 24.0 Å². The standard InChI is InChI=1S/C22H23ClF2N4O/c23-17-7-12(1-6-18(17)25)10-29-11-14-8-16-20(9-19(14)26-22(29)30)27-28-21(16)13-2-4-15(24)5-3-13/h1-7,14,16,19-21,27-28H,8-11H2,(H,26,30). The lowest BCUT2D eigenvalue weighted by Gasteiger charge is -2.45. The molecule has 5 unspecified atom stereocenters. The van der Waals surface area contributed by atoms with Crippen LogP contribution in [0.3, 0.4) is 0 Å². The molecule has 5 rings (SSSR count). The largest absolute Gasteiger partial charge is 0.335 e. The monoisotopic (exact) mass is 432 g/mol. The number of carbonyl (C=O) groups excluding carboxylic acids is 1. The fourth-order valence-electron chi connectivity index (χ4n) is 5.15. The fraction of sp³-hybridized carbons (Fsp3) is 0.409. The second-order valence-corrected chi connectivity index (χ2v) is 8.91. The van der Waals surface area contributed by atoms with Crippen LogP contribution in [-0.2, 0) is 6.54 Å². The molecule has 8 heteroatoms. The number of fused-ring (bicyclic) bond motifs is 2. The Morgan fingerprint density at radius 3 is 2.60 bits per heavy atom. The van der Waals surface area contributed by atoms with E-state index in [4.69, 9.17) is 11.6 Å². The minimum Gasteiger partial charge on any atom is -0.335 e. The zero-order valence-corrected chi connectivity index (χ0v) is 17.0. The maximum Gasteiger partial charge on any atom is 0.317 e. The lowest BCUT2D eigenvalue weighted by atomic mass is 9.71. The van der Waals surface area contributed by atoms with E-state index in [1.165, 1.54) is 18.2 Å². The molecule has 3 fully saturated rings. The van der Waals surface area contributed by atoms with Gasteiger partial charge in [-0.05, 0) is 60.1 Å². The Labute approximate surface area is 178 Å². The summed E-state index contributed by atoms with van der Waals surface area (Å²) in [5, 5.41) is 3.22. The average molecular weight is 433 g/mol. The Morgan fingerprint density at radius 1 is 1.03 bits per heavy atom. The van der Waals surface area contributed by atoms with Crippen LogP contribution in [0.15, 0.2) is 42.5 Å². The molecule has 2 saturated heterocycles. The fourth-order valence-corrected chi connectivity index (χ4v) is 5.35. The Hall–Kier alpha value is -2.22. The number of hydrogen-bond acceptors (Lipinski definition) is 3. The van der Waals surface area contributed by atoms with Crippen molar-refractivity contribution in [1.82, 2.24) is 21.1 Å². The molecular weight excluding hydrogens is 410 g/mol. The summed E-state index contributed by atoms with van der Waals surface area (Å²) in [6.07, 6.45) is 1.79. The van der Waals surface area contributed by atoms with Gasteiger partial charge in [0.15, 0.2) is 0 Å². The zero-order chi connectivity index (χ0) is 20.8. The number of urea groups is 1. The first kappa shape index (κ1) is 19.7. The molecule has 3 aliphatic rings. The van der Waals surface area contributed by atoms with Crippen LogP contribution in [0.2, 0.25) is 5.02 Å². The number of benzene rings is 2. The summed E-state index contributed by atoms with van der Waals surface area (Å²) in [6.45, 7) is 1.03. The van der Waals surface area contributed by atoms with Crippen LogP contribution in [0.1, 0.15) is 30.0 Å². The number of hydrogen-bond donors (Lipinski definition) is 3. The average Bonchev–Trinajstić information content (AvgIpc) is 3.13. The van der Waals surface area contributed by atoms with E-state index >= 15 is 0 Å². The molecule has 2 heterocycles. The molecule has 158 valence electrons. The molecule has 3 N–H and O–H groups in total. The molecule has 0 radical (unpaired) electrons. The summed E-state index contributed by atoms with van der Waals surface area (Å²) >= 11 is 5.89. The Bertz CT molecular complexity index is 957. The third-order valence-electron chi connectivity index (χ3n) is 6.66. The summed E-state index contributed by atoms with van der Waals surface area (Å²) in [5.74, 6) is -0.0372. The molecule has 0 bridgehead atoms. The highest BCUT2D eigenvalue weighted by Gasteiger charge is 2.47. The number of amides is 2. The van der Waals surface area contributed by atoms with Crippen LogP contribution in [0, 0.1) is 23.5 Å². The number of hydrazine groups is 1. The van der Waals surface area contributed by atoms with Gasteiger partial charge < -0.3 is 10.2 Å². The Morgan fingerprint density at radius 2 is 1.83 bits per heavy atom. The molecule has 0 aromatic heterocycles. The van der Waals surface area contributed by atoms with Gasteiger partial charge in [-0.25, -0.2) is 19.0 Å². The van der Waals surface area contributed by atoms with Crippen LogP contribution in [0.25, 0.3) is 0 Å². The molecule has 2 amide bonds. The highest BCUT2D eigenvalue weighted by Crippen LogP contribution is 2.42. The normalized spacial score (nSPS) is 30.6. The van der Waals surface area contributed by atoms with Gasteiger partial charge in [0.25, 0.3) is 0 Å². The van der Waals surface area contributed by atoms with Crippen LogP contribution in [0.5, 0.6) is 0 Å². The molecule has 2 aromatic carbocycles. The van der Waals surface area contributed by atoms with Crippen molar-refractivity contribution in [2.45, 2.75) is 37.5 Å². The van der Waals surface area contributed by atoms with Crippen molar-refractivity contribution < 1.29 is 13.6 Å². The molecule has 1 saturated carbocycles. The summed E-state index contributed by atoms with van der Waals surface area (Å²) in [4.78, 5) is 14.4. The van der Waals surface area contributed by atoms with Gasteiger partial charge in [0.1, 0.15) is 11.6 Å². The van der Waals surface area contributed by atoms with Crippen molar-refractivity contribution in [3.05, 3.63) is 70.2 Å². The van der Waals surface area contributed by atoms with Crippen molar-refractivity contribution in [1.29, 1.82) is 0 Å². The minimum atomic E-state index is -0.463. The second-order valence-electron chi connectivity index (χ2n) is 8.50. The van der Waals surface area contributed by atoms with Gasteiger partial charge >= 0.3 is 6.03 Å². The van der Waals surface area contributed by atoms with E-state index in [-0.39, 0.29) is 35.0 Å². The first-order chi connectivity index (χ1) is 14.5. The SMILES string of the molecule is O=C1NC2CC3NNC(c4ccc(F)cc4)C3CC2CN1Cc1ccc(F)c(Cl)c1. The van der Waals surface area contributed by atoms with E-state index in [9.17, 15) is 13.6 Å². The second kappa shape index (κ2) is 7.80. The van der Waals surface area contributed by atoms with E-state index in [1.54, 1.807) is 17.0 Å². The third-order valence-corrected chi connectivity index (χ3v) is 6.95. The summed E-state index contributed by atoms with van der Waals surface area (Å²) in [6, 6.07) is 11.6. The van der Waals surface area contributed by atoms with E-state index < -0.39 is 5.82 Å². The lowest BCUT2D eigenvalue weighted by Crippen LogP contribution is -2.60. The molecular formula is C22H23ClF2N4O. The molecule has 5 atom stereocenters. The van der Waals surface area contributed by atoms with E-state index in [2.05, 4.69) is 16.2 Å². The van der Waals surface area contributed by atoms with Gasteiger partial charge in [0.05, 0.1) is 11.1 Å². The molecule has 5 nitrogen and oxygen atoms in total. The number of carbonyl (C=O) groups is 1. The van der Waals surface area contributed by atoms with Crippen molar-refractivity contribution in [3.63, 3.8) is 0 Å². The maximum absolute atomic E-state index is 13.4. The molecule has 1 aliphatic carbocycles. The number of nitrogens with one attached hydrogen (secondary N) is 3. The smallest absolute Gasteiger partial charge is 0.317 e. The maximum atomic E-state index is 13.4. The van der Waals surface area contributed by atoms with Gasteiger partial charge in [-0.15, -0.1) is 0 Å². The van der Waals surface area contributed by atoms with Crippen molar-refractivity contribution >= 4 is 17.6 Å². The number of rotatable bonds is 3. The first-order valence-electron chi connectivity index (χ1n) is 10.2. The van der Waals surface area contributed by atoms with Crippen molar-refractivity contribution in [3.8, 4) is 0 Å². The van der Waals surface area contributed by atoms with Crippen LogP contribution < -0.4 is 16.2 Å². The zero-order valence-electron chi connectivity index (χ0n) is 16.2. The topological polar surface area (TPSA) is 56.4 Å². The predicted molar refractivity (Wildman–Crippen MR) is 110 cm³/mol. The van der Waals surface area contributed by atoms with Crippen LogP contribution in [0.4, 0.5) is 13.6 Å². The number of halogens is 3. The highest BCUT2D eigenvalue weighted by atomic mass is 35.5. The molecule has 2 aliphatic heterocycles. The summed E-state index contributed by atoms with van der Waals surface area (Å²) < 4.78 is 26.8. The first-order valence-corrected chi connectivity index (χ1v) is 10.6. The van der Waals surface area contributed by atoms with E-state index in [1.807, 2.05) is 12.1 Å². The van der Waals surface area contributed by atoms with E-state index in [0.29, 0.717) is 24.9 Å². The van der Waals surface area contributed by atoms with Crippen molar-refractivity contribution in [2.24, 2.45) is 11.8 Å². The van der Waals surface area contributed by atoms with Gasteiger partial charge in [-0.3, -0.25) is 5.43 Å².